The van der Waals surface area contributed by atoms with Gasteiger partial charge in [-0.2, -0.15) is 0 Å². The maximum Gasteiger partial charge on any atom is 0.257 e. The predicted octanol–water partition coefficient (Wildman–Crippen LogP) is 3.69. The molecule has 0 unspecified atom stereocenters. The molecule has 0 radical (unpaired) electrons. The van der Waals surface area contributed by atoms with Crippen LogP contribution < -0.4 is 15.6 Å². The number of ether oxygens (including phenoxy) is 1. The first-order chi connectivity index (χ1) is 15.0. The average Bonchev–Trinajstić information content (AvgIpc) is 2.76. The molecule has 0 fully saturated rings. The zero-order valence-electron chi connectivity index (χ0n) is 16.4. The third-order valence-electron chi connectivity index (χ3n) is 4.86. The van der Waals surface area contributed by atoms with E-state index in [1.807, 2.05) is 0 Å². The number of hydrogen-bond donors (Lipinski definition) is 2. The number of hydrogen-bond acceptors (Lipinski definition) is 5. The quantitative estimate of drug-likeness (QED) is 0.351. The van der Waals surface area contributed by atoms with Gasteiger partial charge in [-0.1, -0.05) is 48.0 Å². The van der Waals surface area contributed by atoms with Gasteiger partial charge in [-0.05, 0) is 29.3 Å². The van der Waals surface area contributed by atoms with E-state index in [0.29, 0.717) is 27.8 Å². The van der Waals surface area contributed by atoms with Crippen LogP contribution in [0, 0.1) is 18.2 Å². The molecule has 1 aromatic heterocycles. The molecular formula is C23H18FN3O3S. The van der Waals surface area contributed by atoms with Crippen LogP contribution in [0.2, 0.25) is 0 Å². The summed E-state index contributed by atoms with van der Waals surface area (Å²) in [6.07, 6.45) is 5.33. The molecule has 1 aliphatic rings. The molecule has 2 N–H and O–H groups in total. The van der Waals surface area contributed by atoms with Gasteiger partial charge in [0, 0.05) is 18.1 Å². The van der Waals surface area contributed by atoms with Crippen molar-refractivity contribution in [1.29, 1.82) is 0 Å². The Kier molecular flexibility index (Phi) is 6.05. The molecule has 0 bridgehead atoms. The van der Waals surface area contributed by atoms with Crippen molar-refractivity contribution in [3.8, 4) is 18.1 Å². The summed E-state index contributed by atoms with van der Waals surface area (Å²) in [7, 11) is 0. The summed E-state index contributed by atoms with van der Waals surface area (Å²) in [4.78, 5) is 32.3. The van der Waals surface area contributed by atoms with Crippen LogP contribution in [0.1, 0.15) is 29.0 Å². The lowest BCUT2D eigenvalue weighted by Gasteiger charge is -2.24. The fourth-order valence-corrected chi connectivity index (χ4v) is 4.23. The highest BCUT2D eigenvalue weighted by molar-refractivity contribution is 7.98. The van der Waals surface area contributed by atoms with Gasteiger partial charge in [-0.25, -0.2) is 9.37 Å². The SMILES string of the molecule is C#CCOc1ccc([C@H]2CC(=O)Nc3nc(SCc4ccccc4F)[nH]c(=O)c32)cc1. The second kappa shape index (κ2) is 9.06. The molecule has 31 heavy (non-hydrogen) atoms. The summed E-state index contributed by atoms with van der Waals surface area (Å²) < 4.78 is 19.2. The molecule has 0 saturated carbocycles. The van der Waals surface area contributed by atoms with Crippen LogP contribution in [0.3, 0.4) is 0 Å². The summed E-state index contributed by atoms with van der Waals surface area (Å²) in [6.45, 7) is 0.158. The number of benzene rings is 2. The van der Waals surface area contributed by atoms with Gasteiger partial charge in [0.25, 0.3) is 5.56 Å². The van der Waals surface area contributed by atoms with Crippen molar-refractivity contribution in [2.45, 2.75) is 23.2 Å². The fraction of sp³-hybridized carbons (Fsp3) is 0.174. The van der Waals surface area contributed by atoms with Crippen LogP contribution in [0.4, 0.5) is 10.2 Å². The molecule has 1 atom stereocenters. The van der Waals surface area contributed by atoms with Gasteiger partial charge < -0.3 is 15.0 Å². The first-order valence-electron chi connectivity index (χ1n) is 9.51. The minimum Gasteiger partial charge on any atom is -0.481 e. The molecule has 0 aliphatic carbocycles. The Morgan fingerprint density at radius 3 is 2.71 bits per heavy atom. The van der Waals surface area contributed by atoms with Crippen molar-refractivity contribution in [3.63, 3.8) is 0 Å². The zero-order chi connectivity index (χ0) is 21.8. The molecule has 156 valence electrons. The summed E-state index contributed by atoms with van der Waals surface area (Å²) in [6, 6.07) is 13.5. The molecule has 1 amide bonds. The van der Waals surface area contributed by atoms with Gasteiger partial charge in [0.2, 0.25) is 5.91 Å². The molecule has 0 spiro atoms. The molecule has 3 aromatic rings. The Morgan fingerprint density at radius 2 is 1.97 bits per heavy atom. The molecule has 1 aliphatic heterocycles. The standard InChI is InChI=1S/C23H18FN3O3S/c1-2-11-30-16-9-7-14(8-10-16)17-12-19(28)25-21-20(17)22(29)27-23(26-21)31-13-15-5-3-4-6-18(15)24/h1,3-10,17H,11-13H2,(H2,25,26,27,28,29)/t17-/m1/s1. The van der Waals surface area contributed by atoms with Crippen molar-refractivity contribution in [2.75, 3.05) is 11.9 Å². The first-order valence-corrected chi connectivity index (χ1v) is 10.5. The molecule has 2 heterocycles. The fourth-order valence-electron chi connectivity index (χ4n) is 3.39. The Morgan fingerprint density at radius 1 is 1.19 bits per heavy atom. The van der Waals surface area contributed by atoms with E-state index in [1.54, 1.807) is 42.5 Å². The van der Waals surface area contributed by atoms with Crippen LogP contribution in [-0.2, 0) is 10.5 Å². The van der Waals surface area contributed by atoms with Crippen molar-refractivity contribution in [1.82, 2.24) is 9.97 Å². The number of rotatable bonds is 6. The summed E-state index contributed by atoms with van der Waals surface area (Å²) in [5.74, 6) is 2.54. The Hall–Kier alpha value is -3.57. The zero-order valence-corrected chi connectivity index (χ0v) is 17.2. The number of H-pyrrole nitrogens is 1. The molecule has 0 saturated heterocycles. The Bertz CT molecular complexity index is 1220. The van der Waals surface area contributed by atoms with E-state index in [0.717, 1.165) is 5.56 Å². The van der Waals surface area contributed by atoms with Crippen LogP contribution in [-0.4, -0.2) is 22.5 Å². The van der Waals surface area contributed by atoms with Gasteiger partial charge in [0.15, 0.2) is 5.16 Å². The Balaban J connectivity index is 1.60. The highest BCUT2D eigenvalue weighted by Crippen LogP contribution is 2.35. The monoisotopic (exact) mass is 435 g/mol. The first kappa shape index (κ1) is 20.7. The summed E-state index contributed by atoms with van der Waals surface area (Å²) >= 11 is 1.19. The van der Waals surface area contributed by atoms with Crippen LogP contribution >= 0.6 is 11.8 Å². The van der Waals surface area contributed by atoms with E-state index in [-0.39, 0.29) is 36.1 Å². The number of halogens is 1. The van der Waals surface area contributed by atoms with Gasteiger partial charge in [-0.15, -0.1) is 6.42 Å². The number of amides is 1. The van der Waals surface area contributed by atoms with E-state index < -0.39 is 5.92 Å². The van der Waals surface area contributed by atoms with Gasteiger partial charge in [0.05, 0.1) is 5.56 Å². The van der Waals surface area contributed by atoms with E-state index in [1.165, 1.54) is 17.8 Å². The number of carbonyl (C=O) groups excluding carboxylic acids is 1. The lowest BCUT2D eigenvalue weighted by atomic mass is 9.87. The third-order valence-corrected chi connectivity index (χ3v) is 5.78. The van der Waals surface area contributed by atoms with Crippen LogP contribution in [0.15, 0.2) is 58.5 Å². The smallest absolute Gasteiger partial charge is 0.257 e. The topological polar surface area (TPSA) is 84.1 Å². The third kappa shape index (κ3) is 4.62. The number of aromatic nitrogens is 2. The number of nitrogens with zero attached hydrogens (tertiary/aromatic N) is 1. The average molecular weight is 435 g/mol. The number of anilines is 1. The van der Waals surface area contributed by atoms with E-state index in [2.05, 4.69) is 21.2 Å². The van der Waals surface area contributed by atoms with Gasteiger partial charge in [-0.3, -0.25) is 9.59 Å². The van der Waals surface area contributed by atoms with Crippen molar-refractivity contribution >= 4 is 23.5 Å². The predicted molar refractivity (Wildman–Crippen MR) is 117 cm³/mol. The largest absolute Gasteiger partial charge is 0.481 e. The second-order valence-electron chi connectivity index (χ2n) is 6.88. The highest BCUT2D eigenvalue weighted by Gasteiger charge is 2.31. The maximum absolute atomic E-state index is 13.9. The summed E-state index contributed by atoms with van der Waals surface area (Å²) in [5.41, 5.74) is 1.36. The summed E-state index contributed by atoms with van der Waals surface area (Å²) in [5, 5.41) is 3.00. The number of carbonyl (C=O) groups is 1. The van der Waals surface area contributed by atoms with E-state index in [9.17, 15) is 14.0 Å². The minimum absolute atomic E-state index is 0.129. The van der Waals surface area contributed by atoms with E-state index in [4.69, 9.17) is 11.2 Å². The molecule has 6 nitrogen and oxygen atoms in total. The molecule has 2 aromatic carbocycles. The maximum atomic E-state index is 13.9. The van der Waals surface area contributed by atoms with Crippen molar-refractivity contribution in [3.05, 3.63) is 81.4 Å². The molecule has 4 rings (SSSR count). The van der Waals surface area contributed by atoms with Gasteiger partial charge >= 0.3 is 0 Å². The number of fused-ring (bicyclic) bond motifs is 1. The minimum atomic E-state index is -0.438. The lowest BCUT2D eigenvalue weighted by molar-refractivity contribution is -0.116. The van der Waals surface area contributed by atoms with Crippen molar-refractivity contribution in [2.24, 2.45) is 0 Å². The number of aromatic amines is 1. The number of nitrogens with one attached hydrogen (secondary N) is 2. The lowest BCUT2D eigenvalue weighted by Crippen LogP contribution is -2.31. The van der Waals surface area contributed by atoms with Crippen LogP contribution in [0.5, 0.6) is 5.75 Å². The van der Waals surface area contributed by atoms with Gasteiger partial charge in [0.1, 0.15) is 24.0 Å². The molecular weight excluding hydrogens is 417 g/mol. The highest BCUT2D eigenvalue weighted by atomic mass is 32.2. The Labute approximate surface area is 182 Å². The van der Waals surface area contributed by atoms with E-state index >= 15 is 0 Å². The second-order valence-corrected chi connectivity index (χ2v) is 7.84. The number of thioether (sulfide) groups is 1. The van der Waals surface area contributed by atoms with Crippen LogP contribution in [0.25, 0.3) is 0 Å². The molecule has 8 heteroatoms. The normalized spacial score (nSPS) is 15.0. The van der Waals surface area contributed by atoms with Crippen molar-refractivity contribution < 1.29 is 13.9 Å². The number of terminal acetylenes is 1.